The van der Waals surface area contributed by atoms with Gasteiger partial charge in [-0.1, -0.05) is 23.2 Å². The molecule has 1 rings (SSSR count). The lowest BCUT2D eigenvalue weighted by molar-refractivity contribution is -0.729. The Kier molecular flexibility index (Phi) is 2.66. The van der Waals surface area contributed by atoms with Crippen molar-refractivity contribution in [1.29, 1.82) is 5.39 Å². The molecular formula is C6H3Cl2N3O2+2. The Hall–Kier alpha value is -1.38. The molecule has 1 aromatic carbocycles. The molecule has 0 radical (unpaired) electrons. The lowest BCUT2D eigenvalue weighted by Crippen LogP contribution is -1.92. The third-order valence-electron chi connectivity index (χ3n) is 1.33. The van der Waals surface area contributed by atoms with E-state index in [1.165, 1.54) is 0 Å². The summed E-state index contributed by atoms with van der Waals surface area (Å²) in [4.78, 5) is 12.8. The summed E-state index contributed by atoms with van der Waals surface area (Å²) in [5.74, 6) is 0. The molecule has 0 spiro atoms. The molecule has 0 amide bonds. The smallest absolute Gasteiger partial charge is 0.241 e. The Labute approximate surface area is 82.7 Å². The van der Waals surface area contributed by atoms with Crippen LogP contribution < -0.4 is 0 Å². The van der Waals surface area contributed by atoms with Crippen LogP contribution in [0.3, 0.4) is 0 Å². The molecule has 0 fully saturated rings. The van der Waals surface area contributed by atoms with Crippen molar-refractivity contribution in [1.82, 2.24) is 0 Å². The van der Waals surface area contributed by atoms with Crippen molar-refractivity contribution in [3.8, 4) is 0 Å². The number of hydrogen-bond acceptors (Lipinski definition) is 2. The monoisotopic (exact) mass is 219 g/mol. The number of benzene rings is 1. The van der Waals surface area contributed by atoms with Crippen LogP contribution in [-0.4, -0.2) is 10.1 Å². The molecule has 66 valence electrons. The molecule has 1 aromatic rings. The van der Waals surface area contributed by atoms with Crippen LogP contribution in [0.15, 0.2) is 12.1 Å². The molecule has 7 heteroatoms. The molecule has 5 nitrogen and oxygen atoms in total. The minimum absolute atomic E-state index is 0.0109. The van der Waals surface area contributed by atoms with Gasteiger partial charge in [0.15, 0.2) is 4.98 Å². The highest BCUT2D eigenvalue weighted by atomic mass is 35.5. The van der Waals surface area contributed by atoms with Gasteiger partial charge in [0, 0.05) is 6.07 Å². The van der Waals surface area contributed by atoms with Crippen molar-refractivity contribution in [3.63, 3.8) is 0 Å². The predicted octanol–water partition coefficient (Wildman–Crippen LogP) is 3.28. The fraction of sp³-hybridized carbons (Fsp3) is 0. The first-order valence-corrected chi connectivity index (χ1v) is 3.82. The van der Waals surface area contributed by atoms with Crippen molar-refractivity contribution in [2.45, 2.75) is 0 Å². The van der Waals surface area contributed by atoms with Gasteiger partial charge in [-0.05, 0) is 0 Å². The summed E-state index contributed by atoms with van der Waals surface area (Å²) in [7, 11) is 0. The maximum Gasteiger partial charge on any atom is 0.405 e. The second kappa shape index (κ2) is 3.56. The quantitative estimate of drug-likeness (QED) is 0.583. The Bertz CT molecular complexity index is 413. The summed E-state index contributed by atoms with van der Waals surface area (Å²) in [6.07, 6.45) is 0. The van der Waals surface area contributed by atoms with Crippen molar-refractivity contribution in [2.75, 3.05) is 0 Å². The molecule has 0 heterocycles. The van der Waals surface area contributed by atoms with Gasteiger partial charge in [0.1, 0.15) is 10.0 Å². The highest BCUT2D eigenvalue weighted by Crippen LogP contribution is 2.35. The van der Waals surface area contributed by atoms with Crippen molar-refractivity contribution in [2.24, 2.45) is 0 Å². The first-order chi connectivity index (χ1) is 6.06. The van der Waals surface area contributed by atoms with E-state index in [0.29, 0.717) is 0 Å². The number of nitrogens with zero attached hydrogens (tertiary/aromatic N) is 3. The standard InChI is InChI=1S/C6H3Cl2N3O2/c7-3-2-6(11(12)13)4(8)1-5(3)10-9/h1-2H,(H,12,13)/q+2. The highest BCUT2D eigenvalue weighted by molar-refractivity contribution is 6.36. The minimum Gasteiger partial charge on any atom is -0.241 e. The van der Waals surface area contributed by atoms with E-state index in [1.807, 2.05) is 0 Å². The molecule has 0 aromatic heterocycles. The Morgan fingerprint density at radius 2 is 2.00 bits per heavy atom. The lowest BCUT2D eigenvalue weighted by atomic mass is 10.3. The average molecular weight is 220 g/mol. The van der Waals surface area contributed by atoms with Crippen LogP contribution in [0, 0.1) is 10.3 Å². The second-order valence-electron chi connectivity index (χ2n) is 2.13. The topological polar surface area (TPSA) is 68.5 Å². The third kappa shape index (κ3) is 1.86. The van der Waals surface area contributed by atoms with Gasteiger partial charge in [0.05, 0.1) is 11.0 Å². The summed E-state index contributed by atoms with van der Waals surface area (Å²) >= 11 is 11.1. The van der Waals surface area contributed by atoms with Crippen molar-refractivity contribution >= 4 is 34.6 Å². The number of hydrogen-bond donors (Lipinski definition) is 1. The van der Waals surface area contributed by atoms with Gasteiger partial charge < -0.3 is 0 Å². The molecule has 0 aliphatic heterocycles. The SMILES string of the molecule is N#[N+]c1cc(Cl)c([N+](=O)O)cc1Cl. The van der Waals surface area contributed by atoms with E-state index in [9.17, 15) is 4.91 Å². The Balaban J connectivity index is 3.39. The first kappa shape index (κ1) is 9.71. The molecule has 0 saturated carbocycles. The highest BCUT2D eigenvalue weighted by Gasteiger charge is 2.25. The minimum atomic E-state index is -0.421. The third-order valence-corrected chi connectivity index (χ3v) is 1.94. The van der Waals surface area contributed by atoms with Gasteiger partial charge in [-0.3, -0.25) is 0 Å². The van der Waals surface area contributed by atoms with Crippen LogP contribution in [0.25, 0.3) is 4.98 Å². The van der Waals surface area contributed by atoms with E-state index in [2.05, 4.69) is 4.98 Å². The van der Waals surface area contributed by atoms with Gasteiger partial charge in [-0.2, -0.15) is 0 Å². The average Bonchev–Trinajstić information content (AvgIpc) is 2.07. The molecule has 13 heavy (non-hydrogen) atoms. The molecule has 1 N–H and O–H groups in total. The van der Waals surface area contributed by atoms with E-state index in [4.69, 9.17) is 33.8 Å². The molecule has 0 atom stereocenters. The molecule has 0 aliphatic carbocycles. The van der Waals surface area contributed by atoms with E-state index in [0.717, 1.165) is 12.1 Å². The number of diazo groups is 1. The zero-order valence-corrected chi connectivity index (χ0v) is 7.62. The summed E-state index contributed by atoms with van der Waals surface area (Å²) in [6.45, 7) is 0. The van der Waals surface area contributed by atoms with Gasteiger partial charge >= 0.3 is 11.4 Å². The van der Waals surface area contributed by atoms with E-state index >= 15 is 0 Å². The van der Waals surface area contributed by atoms with Crippen LogP contribution in [-0.2, 0) is 0 Å². The summed E-state index contributed by atoms with van der Waals surface area (Å²) in [5, 5.41) is 16.9. The molecular weight excluding hydrogens is 217 g/mol. The lowest BCUT2D eigenvalue weighted by Gasteiger charge is -1.87. The van der Waals surface area contributed by atoms with Crippen LogP contribution >= 0.6 is 23.2 Å². The van der Waals surface area contributed by atoms with Crippen molar-refractivity contribution < 1.29 is 10.1 Å². The normalized spacial score (nSPS) is 9.31. The fourth-order valence-electron chi connectivity index (χ4n) is 0.749. The Morgan fingerprint density at radius 1 is 1.38 bits per heavy atom. The van der Waals surface area contributed by atoms with Crippen LogP contribution in [0.4, 0.5) is 11.4 Å². The van der Waals surface area contributed by atoms with Gasteiger partial charge in [-0.15, -0.1) is 0 Å². The van der Waals surface area contributed by atoms with Crippen LogP contribution in [0.5, 0.6) is 0 Å². The number of rotatable bonds is 1. The summed E-state index contributed by atoms with van der Waals surface area (Å²) in [6, 6.07) is 2.24. The predicted molar refractivity (Wildman–Crippen MR) is 46.3 cm³/mol. The molecule has 0 saturated heterocycles. The van der Waals surface area contributed by atoms with Crippen LogP contribution in [0.2, 0.25) is 10.0 Å². The van der Waals surface area contributed by atoms with E-state index < -0.39 is 4.92 Å². The van der Waals surface area contributed by atoms with E-state index in [-0.39, 0.29) is 21.4 Å². The fourth-order valence-corrected chi connectivity index (χ4v) is 1.17. The maximum atomic E-state index is 10.5. The van der Waals surface area contributed by atoms with E-state index in [1.54, 1.807) is 0 Å². The zero-order chi connectivity index (χ0) is 10.0. The summed E-state index contributed by atoms with van der Waals surface area (Å²) < 4.78 is 0. The molecule has 0 unspecified atom stereocenters. The van der Waals surface area contributed by atoms with Crippen molar-refractivity contribution in [3.05, 3.63) is 32.1 Å². The zero-order valence-electron chi connectivity index (χ0n) is 6.11. The van der Waals surface area contributed by atoms with Gasteiger partial charge in [0.25, 0.3) is 4.92 Å². The largest absolute Gasteiger partial charge is 0.405 e. The maximum absolute atomic E-state index is 10.5. The second-order valence-corrected chi connectivity index (χ2v) is 2.94. The van der Waals surface area contributed by atoms with Gasteiger partial charge in [-0.25, -0.2) is 5.21 Å². The van der Waals surface area contributed by atoms with Crippen LogP contribution in [0.1, 0.15) is 0 Å². The first-order valence-electron chi connectivity index (χ1n) is 3.06. The molecule has 0 bridgehead atoms. The molecule has 0 aliphatic rings. The Morgan fingerprint density at radius 3 is 2.46 bits per heavy atom. The number of halogens is 2. The van der Waals surface area contributed by atoms with Gasteiger partial charge in [0.2, 0.25) is 5.39 Å². The summed E-state index contributed by atoms with van der Waals surface area (Å²) in [5.41, 5.74) is -0.184.